The molecule has 160 valence electrons. The zero-order valence-corrected chi connectivity index (χ0v) is 18.1. The van der Waals surface area contributed by atoms with Crippen molar-refractivity contribution < 1.29 is 19.0 Å². The number of hydrogen-bond donors (Lipinski definition) is 0. The van der Waals surface area contributed by atoms with Gasteiger partial charge in [-0.1, -0.05) is 12.1 Å². The Bertz CT molecular complexity index is 1080. The zero-order chi connectivity index (χ0) is 21.8. The Kier molecular flexibility index (Phi) is 6.07. The lowest BCUT2D eigenvalue weighted by molar-refractivity contribution is -0.118. The van der Waals surface area contributed by atoms with Gasteiger partial charge >= 0.3 is 0 Å². The first-order valence-corrected chi connectivity index (χ1v) is 10.3. The van der Waals surface area contributed by atoms with E-state index in [1.54, 1.807) is 33.7 Å². The van der Waals surface area contributed by atoms with Gasteiger partial charge in [-0.15, -0.1) is 0 Å². The third-order valence-electron chi connectivity index (χ3n) is 5.68. The van der Waals surface area contributed by atoms with Crippen LogP contribution in [0.1, 0.15) is 17.5 Å². The van der Waals surface area contributed by atoms with Crippen molar-refractivity contribution in [3.05, 3.63) is 66.0 Å². The Morgan fingerprint density at radius 2 is 1.71 bits per heavy atom. The number of carbonyl (C=O) groups excluding carboxylic acids is 1. The Morgan fingerprint density at radius 1 is 0.935 bits per heavy atom. The van der Waals surface area contributed by atoms with E-state index < -0.39 is 0 Å². The van der Waals surface area contributed by atoms with E-state index in [1.165, 1.54) is 5.56 Å². The predicted octanol–water partition coefficient (Wildman–Crippen LogP) is 4.30. The third kappa shape index (κ3) is 4.06. The average Bonchev–Trinajstić information content (AvgIpc) is 3.25. The van der Waals surface area contributed by atoms with Crippen molar-refractivity contribution >= 4 is 11.6 Å². The van der Waals surface area contributed by atoms with Gasteiger partial charge in [0.15, 0.2) is 11.5 Å². The minimum Gasteiger partial charge on any atom is -0.493 e. The largest absolute Gasteiger partial charge is 0.493 e. The topological polar surface area (TPSA) is 60.9 Å². The summed E-state index contributed by atoms with van der Waals surface area (Å²) in [6.45, 7) is 0.705. The molecule has 3 aromatic rings. The molecule has 0 saturated carbocycles. The first-order chi connectivity index (χ1) is 15.2. The molecule has 0 bridgehead atoms. The number of aryl methyl sites for hydroxylation is 1. The quantitative estimate of drug-likeness (QED) is 0.573. The van der Waals surface area contributed by atoms with Crippen molar-refractivity contribution in [2.45, 2.75) is 19.3 Å². The summed E-state index contributed by atoms with van der Waals surface area (Å²) < 4.78 is 16.3. The van der Waals surface area contributed by atoms with Gasteiger partial charge in [-0.2, -0.15) is 0 Å². The molecule has 1 aromatic heterocycles. The van der Waals surface area contributed by atoms with Crippen LogP contribution < -0.4 is 19.1 Å². The molecule has 1 aliphatic heterocycles. The third-order valence-corrected chi connectivity index (χ3v) is 5.68. The summed E-state index contributed by atoms with van der Waals surface area (Å²) in [5.41, 5.74) is 5.39. The van der Waals surface area contributed by atoms with Crippen LogP contribution in [0.25, 0.3) is 11.1 Å². The highest BCUT2D eigenvalue weighted by Crippen LogP contribution is 2.40. The summed E-state index contributed by atoms with van der Waals surface area (Å²) in [5, 5.41) is 0. The highest BCUT2D eigenvalue weighted by Gasteiger charge is 2.25. The van der Waals surface area contributed by atoms with Crippen LogP contribution in [-0.2, 0) is 17.6 Å². The van der Waals surface area contributed by atoms with E-state index in [-0.39, 0.29) is 5.91 Å². The van der Waals surface area contributed by atoms with Crippen molar-refractivity contribution in [2.24, 2.45) is 0 Å². The van der Waals surface area contributed by atoms with Crippen LogP contribution >= 0.6 is 0 Å². The number of nitrogens with zero attached hydrogens (tertiary/aromatic N) is 2. The second-order valence-electron chi connectivity index (χ2n) is 7.37. The van der Waals surface area contributed by atoms with Gasteiger partial charge in [0.2, 0.25) is 11.7 Å². The van der Waals surface area contributed by atoms with E-state index in [9.17, 15) is 4.79 Å². The van der Waals surface area contributed by atoms with E-state index >= 15 is 0 Å². The minimum atomic E-state index is 0.104. The lowest BCUT2D eigenvalue weighted by Crippen LogP contribution is -2.29. The first kappa shape index (κ1) is 20.7. The average molecular weight is 418 g/mol. The van der Waals surface area contributed by atoms with Gasteiger partial charge in [-0.3, -0.25) is 9.78 Å². The Labute approximate surface area is 182 Å². The standard InChI is InChI=1S/C25H26N2O4/c1-29-22-8-5-18(24(30-2)25(22)31-3)6-9-23(28)27-15-12-20-16-19(4-7-21(20)27)17-10-13-26-14-11-17/h4-5,7-8,10-11,13-14,16H,6,9,12,15H2,1-3H3. The number of aromatic nitrogens is 1. The molecule has 0 spiro atoms. The number of methoxy groups -OCH3 is 3. The van der Waals surface area contributed by atoms with E-state index in [0.29, 0.717) is 36.6 Å². The summed E-state index contributed by atoms with van der Waals surface area (Å²) >= 11 is 0. The minimum absolute atomic E-state index is 0.104. The zero-order valence-electron chi connectivity index (χ0n) is 18.1. The molecule has 2 aromatic carbocycles. The van der Waals surface area contributed by atoms with Gasteiger partial charge in [0.1, 0.15) is 0 Å². The normalized spacial score (nSPS) is 12.4. The van der Waals surface area contributed by atoms with E-state index in [1.807, 2.05) is 35.2 Å². The van der Waals surface area contributed by atoms with Gasteiger partial charge < -0.3 is 19.1 Å². The molecule has 0 radical (unpaired) electrons. The highest BCUT2D eigenvalue weighted by atomic mass is 16.5. The number of ether oxygens (including phenoxy) is 3. The highest BCUT2D eigenvalue weighted by molar-refractivity contribution is 5.96. The fourth-order valence-electron chi connectivity index (χ4n) is 4.12. The Hall–Kier alpha value is -3.54. The number of benzene rings is 2. The summed E-state index contributed by atoms with van der Waals surface area (Å²) in [6.07, 6.45) is 5.39. The second-order valence-corrected chi connectivity index (χ2v) is 7.37. The maximum Gasteiger partial charge on any atom is 0.227 e. The SMILES string of the molecule is COc1ccc(CCC(=O)N2CCc3cc(-c4ccncc4)ccc32)c(OC)c1OC. The number of hydrogen-bond acceptors (Lipinski definition) is 5. The number of pyridine rings is 1. The molecular weight excluding hydrogens is 392 g/mol. The molecule has 0 unspecified atom stereocenters. The molecule has 0 fully saturated rings. The van der Waals surface area contributed by atoms with E-state index in [2.05, 4.69) is 17.1 Å². The van der Waals surface area contributed by atoms with Crippen LogP contribution in [0.4, 0.5) is 5.69 Å². The van der Waals surface area contributed by atoms with Crippen molar-refractivity contribution in [3.63, 3.8) is 0 Å². The molecular formula is C25H26N2O4. The summed E-state index contributed by atoms with van der Waals surface area (Å²) in [5.74, 6) is 1.86. The second kappa shape index (κ2) is 9.08. The lowest BCUT2D eigenvalue weighted by atomic mass is 10.0. The predicted molar refractivity (Wildman–Crippen MR) is 120 cm³/mol. The molecule has 6 heteroatoms. The van der Waals surface area contributed by atoms with Crippen molar-refractivity contribution in [1.82, 2.24) is 4.98 Å². The Balaban J connectivity index is 1.49. The number of anilines is 1. The van der Waals surface area contributed by atoms with Crippen molar-refractivity contribution in [3.8, 4) is 28.4 Å². The molecule has 0 N–H and O–H groups in total. The first-order valence-electron chi connectivity index (χ1n) is 10.3. The molecule has 2 heterocycles. The van der Waals surface area contributed by atoms with Crippen LogP contribution in [0, 0.1) is 0 Å². The maximum absolute atomic E-state index is 13.0. The molecule has 1 amide bonds. The van der Waals surface area contributed by atoms with E-state index in [0.717, 1.165) is 28.8 Å². The van der Waals surface area contributed by atoms with Gasteiger partial charge in [0.25, 0.3) is 0 Å². The maximum atomic E-state index is 13.0. The van der Waals surface area contributed by atoms with Crippen molar-refractivity contribution in [1.29, 1.82) is 0 Å². The molecule has 0 atom stereocenters. The van der Waals surface area contributed by atoms with Crippen molar-refractivity contribution in [2.75, 3.05) is 32.8 Å². The van der Waals surface area contributed by atoms with Crippen LogP contribution in [0.15, 0.2) is 54.9 Å². The fourth-order valence-corrected chi connectivity index (χ4v) is 4.12. The number of fused-ring (bicyclic) bond motifs is 1. The molecule has 4 rings (SSSR count). The monoisotopic (exact) mass is 418 g/mol. The fraction of sp³-hybridized carbons (Fsp3) is 0.280. The summed E-state index contributed by atoms with van der Waals surface area (Å²) in [4.78, 5) is 19.0. The van der Waals surface area contributed by atoms with Crippen LogP contribution in [0.3, 0.4) is 0 Å². The summed E-state index contributed by atoms with van der Waals surface area (Å²) in [6, 6.07) is 14.0. The van der Waals surface area contributed by atoms with Gasteiger partial charge in [-0.05, 0) is 65.4 Å². The number of amides is 1. The van der Waals surface area contributed by atoms with Gasteiger partial charge in [-0.25, -0.2) is 0 Å². The number of rotatable bonds is 7. The molecule has 31 heavy (non-hydrogen) atoms. The lowest BCUT2D eigenvalue weighted by Gasteiger charge is -2.19. The van der Waals surface area contributed by atoms with Crippen LogP contribution in [-0.4, -0.2) is 38.8 Å². The molecule has 1 aliphatic rings. The van der Waals surface area contributed by atoms with Gasteiger partial charge in [0.05, 0.1) is 21.3 Å². The van der Waals surface area contributed by atoms with E-state index in [4.69, 9.17) is 14.2 Å². The smallest absolute Gasteiger partial charge is 0.227 e. The van der Waals surface area contributed by atoms with Crippen LogP contribution in [0.5, 0.6) is 17.2 Å². The molecule has 6 nitrogen and oxygen atoms in total. The number of carbonyl (C=O) groups is 1. The Morgan fingerprint density at radius 3 is 2.42 bits per heavy atom. The van der Waals surface area contributed by atoms with Crippen LogP contribution in [0.2, 0.25) is 0 Å². The summed E-state index contributed by atoms with van der Waals surface area (Å²) in [7, 11) is 4.77. The van der Waals surface area contributed by atoms with Gasteiger partial charge in [0, 0.05) is 31.0 Å². The molecule has 0 aliphatic carbocycles. The molecule has 0 saturated heterocycles.